The maximum absolute atomic E-state index is 9.06. The van der Waals surface area contributed by atoms with E-state index < -0.39 is 0 Å². The molecule has 3 rings (SSSR count). The maximum atomic E-state index is 9.06. The van der Waals surface area contributed by atoms with Gasteiger partial charge < -0.3 is 10.5 Å². The molecule has 0 spiro atoms. The number of hydrogen-bond acceptors (Lipinski definition) is 5. The van der Waals surface area contributed by atoms with E-state index in [9.17, 15) is 0 Å². The van der Waals surface area contributed by atoms with Crippen LogP contribution in [0.5, 0.6) is 5.75 Å². The molecule has 4 nitrogen and oxygen atoms in total. The molecule has 0 saturated heterocycles. The van der Waals surface area contributed by atoms with Crippen LogP contribution in [0, 0.1) is 11.3 Å². The van der Waals surface area contributed by atoms with Gasteiger partial charge in [0.2, 0.25) is 0 Å². The molecule has 0 radical (unpaired) electrons. The summed E-state index contributed by atoms with van der Waals surface area (Å²) < 4.78 is 6.66. The molecule has 0 fully saturated rings. The number of benzene rings is 2. The van der Waals surface area contributed by atoms with Gasteiger partial charge in [-0.15, -0.1) is 0 Å². The van der Waals surface area contributed by atoms with Gasteiger partial charge in [0.25, 0.3) is 0 Å². The molecule has 3 aromatic rings. The standard InChI is InChI=1S/C15H11N3OS/c16-8-11-6-12(14-13(7-11)20-15(17)18-14)19-9-10-4-2-1-3-5-10/h1-7H,9H2,(H2,17,18). The molecule has 2 aromatic carbocycles. The Morgan fingerprint density at radius 3 is 2.80 bits per heavy atom. The van der Waals surface area contributed by atoms with Gasteiger partial charge in [-0.05, 0) is 11.6 Å². The Kier molecular flexibility index (Phi) is 3.23. The summed E-state index contributed by atoms with van der Waals surface area (Å²) >= 11 is 1.35. The van der Waals surface area contributed by atoms with Crippen LogP contribution in [0.4, 0.5) is 5.13 Å². The molecule has 1 aromatic heterocycles. The minimum atomic E-state index is 0.433. The third-order valence-electron chi connectivity index (χ3n) is 2.84. The van der Waals surface area contributed by atoms with E-state index in [4.69, 9.17) is 15.7 Å². The van der Waals surface area contributed by atoms with E-state index in [2.05, 4.69) is 11.1 Å². The SMILES string of the molecule is N#Cc1cc(OCc2ccccc2)c2nc(N)sc2c1. The number of nitrogen functional groups attached to an aromatic ring is 1. The van der Waals surface area contributed by atoms with Gasteiger partial charge in [-0.25, -0.2) is 4.98 Å². The molecule has 0 aliphatic carbocycles. The van der Waals surface area contributed by atoms with Crippen LogP contribution >= 0.6 is 11.3 Å². The fraction of sp³-hybridized carbons (Fsp3) is 0.0667. The molecule has 1 heterocycles. The van der Waals surface area contributed by atoms with Crippen LogP contribution in [0.25, 0.3) is 10.2 Å². The highest BCUT2D eigenvalue weighted by molar-refractivity contribution is 7.22. The van der Waals surface area contributed by atoms with Crippen molar-refractivity contribution in [3.05, 3.63) is 53.6 Å². The van der Waals surface area contributed by atoms with Crippen molar-refractivity contribution in [1.29, 1.82) is 5.26 Å². The number of nitriles is 1. The number of hydrogen-bond donors (Lipinski definition) is 1. The lowest BCUT2D eigenvalue weighted by atomic mass is 10.2. The van der Waals surface area contributed by atoms with E-state index >= 15 is 0 Å². The summed E-state index contributed by atoms with van der Waals surface area (Å²) in [4.78, 5) is 4.26. The van der Waals surface area contributed by atoms with Crippen LogP contribution in [-0.2, 0) is 6.61 Å². The molecule has 0 aliphatic heterocycles. The zero-order chi connectivity index (χ0) is 13.9. The summed E-state index contributed by atoms with van der Waals surface area (Å²) in [6.45, 7) is 0.433. The lowest BCUT2D eigenvalue weighted by molar-refractivity contribution is 0.309. The minimum absolute atomic E-state index is 0.433. The van der Waals surface area contributed by atoms with Crippen LogP contribution in [0.3, 0.4) is 0 Å². The number of aromatic nitrogens is 1. The van der Waals surface area contributed by atoms with Crippen LogP contribution < -0.4 is 10.5 Å². The highest BCUT2D eigenvalue weighted by Crippen LogP contribution is 2.32. The van der Waals surface area contributed by atoms with E-state index in [-0.39, 0.29) is 0 Å². The van der Waals surface area contributed by atoms with Gasteiger partial charge in [0.05, 0.1) is 16.3 Å². The molecular weight excluding hydrogens is 270 g/mol. The number of rotatable bonds is 3. The molecule has 0 aliphatic rings. The monoisotopic (exact) mass is 281 g/mol. The highest BCUT2D eigenvalue weighted by atomic mass is 32.1. The predicted octanol–water partition coefficient (Wildman–Crippen LogP) is 3.33. The fourth-order valence-electron chi connectivity index (χ4n) is 1.93. The lowest BCUT2D eigenvalue weighted by Gasteiger charge is -2.07. The van der Waals surface area contributed by atoms with E-state index in [1.165, 1.54) is 11.3 Å². The van der Waals surface area contributed by atoms with Crippen molar-refractivity contribution in [2.75, 3.05) is 5.73 Å². The Labute approximate surface area is 120 Å². The van der Waals surface area contributed by atoms with Gasteiger partial charge in [-0.1, -0.05) is 41.7 Å². The largest absolute Gasteiger partial charge is 0.487 e. The Hall–Kier alpha value is -2.58. The second-order valence-corrected chi connectivity index (χ2v) is 5.32. The Morgan fingerprint density at radius 2 is 2.05 bits per heavy atom. The number of nitrogens with zero attached hydrogens (tertiary/aromatic N) is 2. The normalized spacial score (nSPS) is 10.3. The van der Waals surface area contributed by atoms with Crippen molar-refractivity contribution in [1.82, 2.24) is 4.98 Å². The summed E-state index contributed by atoms with van der Waals surface area (Å²) in [5, 5.41) is 9.53. The number of ether oxygens (including phenoxy) is 1. The van der Waals surface area contributed by atoms with Crippen LogP contribution in [0.1, 0.15) is 11.1 Å². The molecule has 2 N–H and O–H groups in total. The van der Waals surface area contributed by atoms with Crippen molar-refractivity contribution >= 4 is 26.7 Å². The summed E-state index contributed by atoms with van der Waals surface area (Å²) in [7, 11) is 0. The number of anilines is 1. The van der Waals surface area contributed by atoms with E-state index in [0.717, 1.165) is 10.3 Å². The first-order valence-corrected chi connectivity index (χ1v) is 6.85. The first kappa shape index (κ1) is 12.5. The van der Waals surface area contributed by atoms with Crippen molar-refractivity contribution in [3.8, 4) is 11.8 Å². The molecule has 0 atom stereocenters. The zero-order valence-electron chi connectivity index (χ0n) is 10.5. The quantitative estimate of drug-likeness (QED) is 0.799. The van der Waals surface area contributed by atoms with Crippen molar-refractivity contribution < 1.29 is 4.74 Å². The average Bonchev–Trinajstić information content (AvgIpc) is 2.86. The van der Waals surface area contributed by atoms with Gasteiger partial charge >= 0.3 is 0 Å². The number of nitrogens with two attached hydrogens (primary N) is 1. The zero-order valence-corrected chi connectivity index (χ0v) is 11.4. The predicted molar refractivity (Wildman–Crippen MR) is 79.5 cm³/mol. The van der Waals surface area contributed by atoms with Crippen LogP contribution in [-0.4, -0.2) is 4.98 Å². The average molecular weight is 281 g/mol. The summed E-state index contributed by atoms with van der Waals surface area (Å²) in [6, 6.07) is 15.4. The Bertz CT molecular complexity index is 790. The first-order chi connectivity index (χ1) is 9.76. The topological polar surface area (TPSA) is 71.9 Å². The molecule has 0 bridgehead atoms. The van der Waals surface area contributed by atoms with E-state index in [1.54, 1.807) is 12.1 Å². The lowest BCUT2D eigenvalue weighted by Crippen LogP contribution is -1.96. The molecule has 0 saturated carbocycles. The summed E-state index contributed by atoms with van der Waals surface area (Å²) in [5.41, 5.74) is 8.04. The van der Waals surface area contributed by atoms with Gasteiger partial charge in [0, 0.05) is 6.07 Å². The van der Waals surface area contributed by atoms with E-state index in [1.807, 2.05) is 30.3 Å². The van der Waals surface area contributed by atoms with Crippen molar-refractivity contribution in [2.24, 2.45) is 0 Å². The minimum Gasteiger partial charge on any atom is -0.487 e. The third-order valence-corrected chi connectivity index (χ3v) is 3.67. The van der Waals surface area contributed by atoms with E-state index in [0.29, 0.717) is 28.6 Å². The van der Waals surface area contributed by atoms with Crippen molar-refractivity contribution in [2.45, 2.75) is 6.61 Å². The first-order valence-electron chi connectivity index (χ1n) is 6.03. The molecule has 98 valence electrons. The third kappa shape index (κ3) is 2.42. The molecule has 5 heteroatoms. The molecule has 20 heavy (non-hydrogen) atoms. The van der Waals surface area contributed by atoms with Gasteiger partial charge in [-0.3, -0.25) is 0 Å². The van der Waals surface area contributed by atoms with Gasteiger partial charge in [0.1, 0.15) is 17.9 Å². The smallest absolute Gasteiger partial charge is 0.181 e. The van der Waals surface area contributed by atoms with Crippen LogP contribution in [0.2, 0.25) is 0 Å². The second-order valence-electron chi connectivity index (χ2n) is 4.26. The van der Waals surface area contributed by atoms with Crippen molar-refractivity contribution in [3.63, 3.8) is 0 Å². The number of fused-ring (bicyclic) bond motifs is 1. The second kappa shape index (κ2) is 5.19. The highest BCUT2D eigenvalue weighted by Gasteiger charge is 2.10. The molecular formula is C15H11N3OS. The molecule has 0 amide bonds. The maximum Gasteiger partial charge on any atom is 0.181 e. The van der Waals surface area contributed by atoms with Gasteiger partial charge in [-0.2, -0.15) is 5.26 Å². The van der Waals surface area contributed by atoms with Gasteiger partial charge in [0.15, 0.2) is 5.13 Å². The Balaban J connectivity index is 1.96. The summed E-state index contributed by atoms with van der Waals surface area (Å²) in [5.74, 6) is 0.593. The Morgan fingerprint density at radius 1 is 1.25 bits per heavy atom. The summed E-state index contributed by atoms with van der Waals surface area (Å²) in [6.07, 6.45) is 0. The fourth-order valence-corrected chi connectivity index (χ4v) is 2.72. The van der Waals surface area contributed by atoms with Crippen LogP contribution in [0.15, 0.2) is 42.5 Å². The molecule has 0 unspecified atom stereocenters. The number of thiazole rings is 1.